The average Bonchev–Trinajstić information content (AvgIpc) is 3.17. The zero-order valence-electron chi connectivity index (χ0n) is 37.2. The normalized spacial score (nSPS) is 13.5. The smallest absolute Gasteiger partial charge is 0.308 e. The molecule has 0 rings (SSSR count). The number of nitrogens with two attached hydrogens (primary N) is 1. The summed E-state index contributed by atoms with van der Waals surface area (Å²) in [6, 6.07) is 0. The Hall–Kier alpha value is -0.690. The Morgan fingerprint density at radius 2 is 0.852 bits per heavy atom. The standard InChI is InChI=1S/C48H98N2O4/c1-5-9-13-17-19-27-37-45(35-25-15-11-7-3)47(51)53-43-33-23-21-30-40-50(42-32-29-39-49)41-31-22-24-34-44-54-48(52)46(36-26-16-12-8-4)38-28-20-18-14-10-6-2/h45-47,51H,5-44,49H2,1-4H3. The highest BCUT2D eigenvalue weighted by atomic mass is 16.6. The summed E-state index contributed by atoms with van der Waals surface area (Å²) in [5.41, 5.74) is 5.81. The number of carbonyl (C=O) groups excluding carboxylic acids is 1. The largest absolute Gasteiger partial charge is 0.465 e. The van der Waals surface area contributed by atoms with Gasteiger partial charge in [-0.15, -0.1) is 0 Å². The van der Waals surface area contributed by atoms with E-state index in [9.17, 15) is 9.90 Å². The summed E-state index contributed by atoms with van der Waals surface area (Å²) >= 11 is 0. The van der Waals surface area contributed by atoms with Gasteiger partial charge in [-0.2, -0.15) is 0 Å². The Morgan fingerprint density at radius 1 is 0.481 bits per heavy atom. The molecule has 324 valence electrons. The molecule has 0 radical (unpaired) electrons. The van der Waals surface area contributed by atoms with Crippen LogP contribution < -0.4 is 5.73 Å². The third-order valence-electron chi connectivity index (χ3n) is 11.6. The number of aliphatic hydroxyl groups is 1. The first-order chi connectivity index (χ1) is 26.5. The van der Waals surface area contributed by atoms with Crippen LogP contribution in [0.5, 0.6) is 0 Å². The quantitative estimate of drug-likeness (QED) is 0.0365. The van der Waals surface area contributed by atoms with Crippen molar-refractivity contribution < 1.29 is 19.4 Å². The maximum Gasteiger partial charge on any atom is 0.308 e. The Morgan fingerprint density at radius 3 is 1.33 bits per heavy atom. The van der Waals surface area contributed by atoms with Gasteiger partial charge in [0.2, 0.25) is 0 Å². The molecule has 0 aliphatic rings. The number of aliphatic hydroxyl groups excluding tert-OH is 1. The van der Waals surface area contributed by atoms with Crippen molar-refractivity contribution in [2.24, 2.45) is 17.6 Å². The molecule has 0 bridgehead atoms. The monoisotopic (exact) mass is 767 g/mol. The second-order valence-electron chi connectivity index (χ2n) is 16.9. The maximum absolute atomic E-state index is 13.0. The van der Waals surface area contributed by atoms with E-state index in [1.807, 2.05) is 0 Å². The summed E-state index contributed by atoms with van der Waals surface area (Å²) in [6.45, 7) is 14.5. The molecule has 0 aromatic rings. The van der Waals surface area contributed by atoms with E-state index >= 15 is 0 Å². The highest BCUT2D eigenvalue weighted by Gasteiger charge is 2.20. The average molecular weight is 767 g/mol. The molecule has 0 heterocycles. The molecule has 3 unspecified atom stereocenters. The summed E-state index contributed by atoms with van der Waals surface area (Å²) in [4.78, 5) is 15.6. The summed E-state index contributed by atoms with van der Waals surface area (Å²) in [6.07, 6.45) is 40.5. The van der Waals surface area contributed by atoms with Gasteiger partial charge in [0.25, 0.3) is 0 Å². The number of ether oxygens (including phenoxy) is 2. The number of carbonyl (C=O) groups is 1. The molecule has 0 saturated heterocycles. The lowest BCUT2D eigenvalue weighted by Gasteiger charge is -2.24. The lowest BCUT2D eigenvalue weighted by Crippen LogP contribution is -2.27. The zero-order valence-corrected chi connectivity index (χ0v) is 37.2. The number of rotatable bonds is 45. The van der Waals surface area contributed by atoms with E-state index in [1.165, 1.54) is 154 Å². The topological polar surface area (TPSA) is 85.0 Å². The van der Waals surface area contributed by atoms with Crippen LogP contribution in [-0.2, 0) is 14.3 Å². The van der Waals surface area contributed by atoms with Crippen molar-refractivity contribution in [2.75, 3.05) is 39.4 Å². The van der Waals surface area contributed by atoms with E-state index in [0.717, 1.165) is 90.4 Å². The zero-order chi connectivity index (χ0) is 39.6. The summed E-state index contributed by atoms with van der Waals surface area (Å²) in [5.74, 6) is 0.466. The van der Waals surface area contributed by atoms with E-state index in [4.69, 9.17) is 15.2 Å². The van der Waals surface area contributed by atoms with Crippen molar-refractivity contribution in [3.8, 4) is 0 Å². The van der Waals surface area contributed by atoms with Gasteiger partial charge in [0, 0.05) is 12.5 Å². The number of hydrogen-bond acceptors (Lipinski definition) is 6. The second kappa shape index (κ2) is 43.4. The summed E-state index contributed by atoms with van der Waals surface area (Å²) in [5, 5.41) is 10.9. The van der Waals surface area contributed by atoms with Crippen LogP contribution in [0.2, 0.25) is 0 Å². The molecule has 0 aromatic carbocycles. The Balaban J connectivity index is 4.35. The third-order valence-corrected chi connectivity index (χ3v) is 11.6. The fraction of sp³-hybridized carbons (Fsp3) is 0.979. The highest BCUT2D eigenvalue weighted by molar-refractivity contribution is 5.72. The van der Waals surface area contributed by atoms with Crippen molar-refractivity contribution in [1.29, 1.82) is 0 Å². The molecular formula is C48H98N2O4. The first-order valence-corrected chi connectivity index (χ1v) is 24.4. The molecule has 54 heavy (non-hydrogen) atoms. The molecule has 0 saturated carbocycles. The fourth-order valence-corrected chi connectivity index (χ4v) is 7.85. The number of esters is 1. The Kier molecular flexibility index (Phi) is 42.9. The predicted molar refractivity (Wildman–Crippen MR) is 235 cm³/mol. The van der Waals surface area contributed by atoms with Crippen LogP contribution in [0.15, 0.2) is 0 Å². The van der Waals surface area contributed by atoms with Crippen LogP contribution in [0.1, 0.15) is 246 Å². The molecule has 0 aromatic heterocycles. The van der Waals surface area contributed by atoms with E-state index in [1.54, 1.807) is 0 Å². The van der Waals surface area contributed by atoms with Crippen molar-refractivity contribution in [3.63, 3.8) is 0 Å². The minimum Gasteiger partial charge on any atom is -0.465 e. The first kappa shape index (κ1) is 53.3. The van der Waals surface area contributed by atoms with Crippen molar-refractivity contribution in [1.82, 2.24) is 4.90 Å². The SMILES string of the molecule is CCCCCCCCC(CCCCCC)C(=O)OCCCCCCN(CCCCN)CCCCCCOC(O)C(CCCCCC)CCCCCCCC. The molecular weight excluding hydrogens is 669 g/mol. The second-order valence-corrected chi connectivity index (χ2v) is 16.9. The fourth-order valence-electron chi connectivity index (χ4n) is 7.85. The molecule has 0 aliphatic heterocycles. The van der Waals surface area contributed by atoms with Crippen molar-refractivity contribution in [3.05, 3.63) is 0 Å². The minimum atomic E-state index is -0.598. The highest BCUT2D eigenvalue weighted by Crippen LogP contribution is 2.24. The lowest BCUT2D eigenvalue weighted by molar-refractivity contribution is -0.149. The number of unbranched alkanes of at least 4 members (excludes halogenated alkanes) is 23. The Bertz CT molecular complexity index is 738. The molecule has 6 nitrogen and oxygen atoms in total. The van der Waals surface area contributed by atoms with Gasteiger partial charge in [0.05, 0.1) is 12.5 Å². The summed E-state index contributed by atoms with van der Waals surface area (Å²) < 4.78 is 11.9. The molecule has 3 N–H and O–H groups in total. The van der Waals surface area contributed by atoms with Gasteiger partial charge in [-0.25, -0.2) is 0 Å². The van der Waals surface area contributed by atoms with Crippen molar-refractivity contribution >= 4 is 5.97 Å². The number of nitrogens with zero attached hydrogens (tertiary/aromatic N) is 1. The summed E-state index contributed by atoms with van der Waals surface area (Å²) in [7, 11) is 0. The number of hydrogen-bond donors (Lipinski definition) is 2. The molecule has 0 fully saturated rings. The van der Waals surface area contributed by atoms with E-state index in [0.29, 0.717) is 19.1 Å². The van der Waals surface area contributed by atoms with Gasteiger partial charge < -0.3 is 25.2 Å². The van der Waals surface area contributed by atoms with Crippen LogP contribution in [0.25, 0.3) is 0 Å². The van der Waals surface area contributed by atoms with Gasteiger partial charge in [0.1, 0.15) is 0 Å². The molecule has 0 spiro atoms. The van der Waals surface area contributed by atoms with Gasteiger partial charge in [0.15, 0.2) is 6.29 Å². The minimum absolute atomic E-state index is 0.0689. The van der Waals surface area contributed by atoms with Crippen LogP contribution in [0, 0.1) is 11.8 Å². The molecule has 3 atom stereocenters. The van der Waals surface area contributed by atoms with Crippen LogP contribution in [-0.4, -0.2) is 61.7 Å². The Labute approximate surface area is 338 Å². The molecule has 6 heteroatoms. The van der Waals surface area contributed by atoms with Crippen LogP contribution in [0.3, 0.4) is 0 Å². The van der Waals surface area contributed by atoms with Crippen LogP contribution in [0.4, 0.5) is 0 Å². The molecule has 0 aliphatic carbocycles. The van der Waals surface area contributed by atoms with Crippen LogP contribution >= 0.6 is 0 Å². The van der Waals surface area contributed by atoms with Gasteiger partial charge in [-0.1, -0.05) is 182 Å². The third kappa shape index (κ3) is 35.7. The van der Waals surface area contributed by atoms with Gasteiger partial charge >= 0.3 is 5.97 Å². The van der Waals surface area contributed by atoms with E-state index in [-0.39, 0.29) is 11.9 Å². The predicted octanol–water partition coefficient (Wildman–Crippen LogP) is 13.7. The lowest BCUT2D eigenvalue weighted by atomic mass is 9.93. The van der Waals surface area contributed by atoms with E-state index < -0.39 is 6.29 Å². The first-order valence-electron chi connectivity index (χ1n) is 24.4. The van der Waals surface area contributed by atoms with Crippen molar-refractivity contribution in [2.45, 2.75) is 252 Å². The molecule has 0 amide bonds. The van der Waals surface area contributed by atoms with Gasteiger partial charge in [-0.3, -0.25) is 4.79 Å². The van der Waals surface area contributed by atoms with Gasteiger partial charge in [-0.05, 0) is 90.4 Å². The maximum atomic E-state index is 13.0. The van der Waals surface area contributed by atoms with E-state index in [2.05, 4.69) is 32.6 Å².